The Morgan fingerprint density at radius 3 is 2.63 bits per heavy atom. The fraction of sp³-hybridized carbons (Fsp3) is 1.00. The Morgan fingerprint density at radius 2 is 2.05 bits per heavy atom. The van der Waals surface area contributed by atoms with Crippen molar-refractivity contribution in [3.05, 3.63) is 0 Å². The van der Waals surface area contributed by atoms with Gasteiger partial charge in [-0.25, -0.2) is 8.42 Å². The first kappa shape index (κ1) is 15.3. The second-order valence-corrected chi connectivity index (χ2v) is 9.34. The number of hydrogen-bond acceptors (Lipinski definition) is 4. The second kappa shape index (κ2) is 5.70. The lowest BCUT2D eigenvalue weighted by Crippen LogP contribution is -2.51. The minimum Gasteiger partial charge on any atom is -0.310 e. The minimum absolute atomic E-state index is 0.193. The van der Waals surface area contributed by atoms with E-state index in [2.05, 4.69) is 17.1 Å². The van der Waals surface area contributed by atoms with Crippen LogP contribution in [0, 0.1) is 5.92 Å². The van der Waals surface area contributed by atoms with Gasteiger partial charge in [-0.05, 0) is 59.0 Å². The van der Waals surface area contributed by atoms with Crippen molar-refractivity contribution in [2.24, 2.45) is 5.92 Å². The second-order valence-electron chi connectivity index (χ2n) is 6.66. The zero-order valence-corrected chi connectivity index (χ0v) is 13.3. The van der Waals surface area contributed by atoms with Crippen molar-refractivity contribution in [1.29, 1.82) is 0 Å². The number of nitrogens with one attached hydrogen (secondary N) is 1. The van der Waals surface area contributed by atoms with Crippen LogP contribution in [-0.2, 0) is 9.84 Å². The summed E-state index contributed by atoms with van der Waals surface area (Å²) < 4.78 is 23.8. The van der Waals surface area contributed by atoms with E-state index < -0.39 is 9.84 Å². The molecule has 0 spiro atoms. The Morgan fingerprint density at radius 1 is 1.37 bits per heavy atom. The zero-order valence-electron chi connectivity index (χ0n) is 12.5. The third-order valence-corrected chi connectivity index (χ3v) is 6.81. The Kier molecular flexibility index (Phi) is 4.58. The Balaban J connectivity index is 1.92. The van der Waals surface area contributed by atoms with Crippen molar-refractivity contribution < 1.29 is 8.42 Å². The van der Waals surface area contributed by atoms with Gasteiger partial charge in [0.1, 0.15) is 0 Å². The van der Waals surface area contributed by atoms with E-state index in [0.717, 1.165) is 32.0 Å². The van der Waals surface area contributed by atoms with Crippen LogP contribution in [0.2, 0.25) is 0 Å². The molecule has 1 saturated heterocycles. The molecule has 0 aromatic heterocycles. The highest BCUT2D eigenvalue weighted by molar-refractivity contribution is 7.92. The third-order valence-electron chi connectivity index (χ3n) is 4.62. The summed E-state index contributed by atoms with van der Waals surface area (Å²) in [6.45, 7) is 9.60. The number of hydrogen-bond donors (Lipinski definition) is 1. The molecular weight excluding hydrogens is 260 g/mol. The van der Waals surface area contributed by atoms with Crippen LogP contribution >= 0.6 is 0 Å². The average molecular weight is 288 g/mol. The molecule has 0 aromatic rings. The Bertz CT molecular complexity index is 404. The number of sulfone groups is 1. The van der Waals surface area contributed by atoms with Gasteiger partial charge in [-0.1, -0.05) is 0 Å². The summed E-state index contributed by atoms with van der Waals surface area (Å²) in [7, 11) is -2.91. The monoisotopic (exact) mass is 288 g/mol. The standard InChI is InChI=1S/C14H28N2O2S/c1-12(2)19(17,18)10-9-16-8-4-7-15-14(3,11-16)13-5-6-13/h12-13,15H,4-11H2,1-3H3. The van der Waals surface area contributed by atoms with Crippen molar-refractivity contribution in [2.75, 3.05) is 31.9 Å². The van der Waals surface area contributed by atoms with E-state index in [1.165, 1.54) is 12.8 Å². The molecule has 1 unspecified atom stereocenters. The lowest BCUT2D eigenvalue weighted by Gasteiger charge is -2.34. The molecule has 1 saturated carbocycles. The van der Waals surface area contributed by atoms with E-state index in [4.69, 9.17) is 0 Å². The third kappa shape index (κ3) is 3.92. The maximum absolute atomic E-state index is 11.9. The highest BCUT2D eigenvalue weighted by Gasteiger charge is 2.42. The normalized spacial score (nSPS) is 30.5. The van der Waals surface area contributed by atoms with Crippen LogP contribution in [0.4, 0.5) is 0 Å². The van der Waals surface area contributed by atoms with E-state index in [-0.39, 0.29) is 10.8 Å². The van der Waals surface area contributed by atoms with Gasteiger partial charge in [-0.2, -0.15) is 0 Å². The maximum atomic E-state index is 11.9. The van der Waals surface area contributed by atoms with Crippen LogP contribution in [0.1, 0.15) is 40.0 Å². The average Bonchev–Trinajstić information content (AvgIpc) is 3.13. The molecule has 0 aromatic carbocycles. The van der Waals surface area contributed by atoms with Crippen LogP contribution in [0.5, 0.6) is 0 Å². The van der Waals surface area contributed by atoms with E-state index >= 15 is 0 Å². The molecule has 0 bridgehead atoms. The van der Waals surface area contributed by atoms with Crippen molar-refractivity contribution in [3.8, 4) is 0 Å². The first-order chi connectivity index (χ1) is 8.83. The molecule has 1 atom stereocenters. The predicted molar refractivity (Wildman–Crippen MR) is 79.1 cm³/mol. The van der Waals surface area contributed by atoms with Gasteiger partial charge in [0.25, 0.3) is 0 Å². The van der Waals surface area contributed by atoms with E-state index in [1.807, 2.05) is 0 Å². The summed E-state index contributed by atoms with van der Waals surface area (Å²) >= 11 is 0. The van der Waals surface area contributed by atoms with Gasteiger partial charge >= 0.3 is 0 Å². The van der Waals surface area contributed by atoms with Gasteiger partial charge in [-0.3, -0.25) is 0 Å². The molecule has 1 N–H and O–H groups in total. The molecule has 2 rings (SSSR count). The fourth-order valence-corrected chi connectivity index (χ4v) is 3.94. The largest absolute Gasteiger partial charge is 0.310 e. The Hall–Kier alpha value is -0.130. The zero-order chi connectivity index (χ0) is 14.1. The van der Waals surface area contributed by atoms with Gasteiger partial charge in [-0.15, -0.1) is 0 Å². The smallest absolute Gasteiger partial charge is 0.153 e. The number of rotatable bonds is 5. The lowest BCUT2D eigenvalue weighted by molar-refractivity contribution is 0.209. The van der Waals surface area contributed by atoms with Crippen LogP contribution in [0.3, 0.4) is 0 Å². The molecule has 0 radical (unpaired) electrons. The van der Waals surface area contributed by atoms with Crippen molar-refractivity contribution in [3.63, 3.8) is 0 Å². The minimum atomic E-state index is -2.91. The van der Waals surface area contributed by atoms with Gasteiger partial charge in [0.05, 0.1) is 11.0 Å². The first-order valence-electron chi connectivity index (χ1n) is 7.52. The molecule has 1 aliphatic heterocycles. The quantitative estimate of drug-likeness (QED) is 0.828. The predicted octanol–water partition coefficient (Wildman–Crippen LogP) is 1.27. The molecular formula is C14H28N2O2S. The SMILES string of the molecule is CC(C)S(=O)(=O)CCN1CCCNC(C)(C2CC2)C1. The molecule has 2 fully saturated rings. The molecule has 112 valence electrons. The van der Waals surface area contributed by atoms with Crippen molar-refractivity contribution >= 4 is 9.84 Å². The van der Waals surface area contributed by atoms with Gasteiger partial charge in [0, 0.05) is 18.6 Å². The molecule has 19 heavy (non-hydrogen) atoms. The first-order valence-corrected chi connectivity index (χ1v) is 9.24. The van der Waals surface area contributed by atoms with Crippen molar-refractivity contribution in [1.82, 2.24) is 10.2 Å². The topological polar surface area (TPSA) is 49.4 Å². The van der Waals surface area contributed by atoms with Crippen molar-refractivity contribution in [2.45, 2.75) is 50.8 Å². The lowest BCUT2D eigenvalue weighted by atomic mass is 9.95. The van der Waals surface area contributed by atoms with Crippen LogP contribution < -0.4 is 5.32 Å². The molecule has 4 nitrogen and oxygen atoms in total. The highest BCUT2D eigenvalue weighted by atomic mass is 32.2. The number of nitrogens with zero attached hydrogens (tertiary/aromatic N) is 1. The van der Waals surface area contributed by atoms with E-state index in [9.17, 15) is 8.42 Å². The highest BCUT2D eigenvalue weighted by Crippen LogP contribution is 2.40. The van der Waals surface area contributed by atoms with Crippen LogP contribution in [0.15, 0.2) is 0 Å². The maximum Gasteiger partial charge on any atom is 0.153 e. The van der Waals surface area contributed by atoms with E-state index in [0.29, 0.717) is 12.3 Å². The van der Waals surface area contributed by atoms with Gasteiger partial charge in [0.15, 0.2) is 9.84 Å². The van der Waals surface area contributed by atoms with Gasteiger partial charge < -0.3 is 10.2 Å². The Labute approximate surface area is 117 Å². The fourth-order valence-electron chi connectivity index (χ4n) is 2.95. The van der Waals surface area contributed by atoms with E-state index in [1.54, 1.807) is 13.8 Å². The van der Waals surface area contributed by atoms with Gasteiger partial charge in [0.2, 0.25) is 0 Å². The van der Waals surface area contributed by atoms with Crippen LogP contribution in [0.25, 0.3) is 0 Å². The summed E-state index contributed by atoms with van der Waals surface area (Å²) in [5.41, 5.74) is 0.193. The summed E-state index contributed by atoms with van der Waals surface area (Å²) in [5.74, 6) is 1.08. The summed E-state index contributed by atoms with van der Waals surface area (Å²) in [5, 5.41) is 3.42. The molecule has 1 aliphatic carbocycles. The molecule has 2 aliphatic rings. The van der Waals surface area contributed by atoms with Crippen LogP contribution in [-0.4, -0.2) is 56.0 Å². The summed E-state index contributed by atoms with van der Waals surface area (Å²) in [6, 6.07) is 0. The molecule has 1 heterocycles. The summed E-state index contributed by atoms with van der Waals surface area (Å²) in [6.07, 6.45) is 3.76. The summed E-state index contributed by atoms with van der Waals surface area (Å²) in [4.78, 5) is 2.35. The molecule has 5 heteroatoms. The molecule has 0 amide bonds.